The van der Waals surface area contributed by atoms with Crippen LogP contribution in [-0.4, -0.2) is 17.2 Å². The number of benzene rings is 1. The Morgan fingerprint density at radius 3 is 2.58 bits per heavy atom. The van der Waals surface area contributed by atoms with E-state index >= 15 is 0 Å². The van der Waals surface area contributed by atoms with E-state index in [0.717, 1.165) is 39.8 Å². The second-order valence-electron chi connectivity index (χ2n) is 8.15. The van der Waals surface area contributed by atoms with Gasteiger partial charge in [0.15, 0.2) is 0 Å². The van der Waals surface area contributed by atoms with Gasteiger partial charge >= 0.3 is 0 Å². The monoisotopic (exact) mass is 405 g/mol. The standard InChI is InChI=1S/C20H24BrNOS/c21-11-4-6-12(7-5-11)24-17-9-8-13-16-10-18(23)22-20(16)15-3-1-2-14(17)19(13)15/h4-7,13-17,19-20H,1-3,8-10H2,(H,22,23). The molecule has 0 aromatic heterocycles. The SMILES string of the molecule is O=C1CC2C3CCC(Sc4ccc(Br)cc4)C4CCCC(C2N1)C43. The quantitative estimate of drug-likeness (QED) is 0.759. The lowest BCUT2D eigenvalue weighted by Crippen LogP contribution is -2.43. The van der Waals surface area contributed by atoms with Crippen molar-refractivity contribution < 1.29 is 4.79 Å². The zero-order chi connectivity index (χ0) is 16.3. The van der Waals surface area contributed by atoms with Gasteiger partial charge in [0.05, 0.1) is 0 Å². The minimum atomic E-state index is 0.317. The van der Waals surface area contributed by atoms with E-state index in [-0.39, 0.29) is 0 Å². The summed E-state index contributed by atoms with van der Waals surface area (Å²) in [4.78, 5) is 13.3. The van der Waals surface area contributed by atoms with E-state index in [1.54, 1.807) is 0 Å². The molecule has 24 heavy (non-hydrogen) atoms. The molecule has 0 radical (unpaired) electrons. The number of hydrogen-bond donors (Lipinski definition) is 1. The molecule has 4 aliphatic rings. The van der Waals surface area contributed by atoms with Crippen molar-refractivity contribution >= 4 is 33.6 Å². The number of thioether (sulfide) groups is 1. The maximum Gasteiger partial charge on any atom is 0.220 e. The third-order valence-corrected chi connectivity index (χ3v) is 9.10. The Morgan fingerprint density at radius 2 is 1.75 bits per heavy atom. The largest absolute Gasteiger partial charge is 0.353 e. The zero-order valence-electron chi connectivity index (χ0n) is 13.8. The Bertz CT molecular complexity index is 632. The number of amides is 1. The Morgan fingerprint density at radius 1 is 0.958 bits per heavy atom. The topological polar surface area (TPSA) is 29.1 Å². The Labute approximate surface area is 156 Å². The third kappa shape index (κ3) is 2.47. The molecule has 0 spiro atoms. The van der Waals surface area contributed by atoms with Crippen LogP contribution in [0.15, 0.2) is 33.6 Å². The Balaban J connectivity index is 1.38. The van der Waals surface area contributed by atoms with Gasteiger partial charge in [0.1, 0.15) is 0 Å². The first-order valence-corrected chi connectivity index (χ1v) is 11.1. The van der Waals surface area contributed by atoms with Crippen LogP contribution in [0.4, 0.5) is 0 Å². The predicted molar refractivity (Wildman–Crippen MR) is 101 cm³/mol. The molecule has 1 aromatic carbocycles. The molecule has 0 bridgehead atoms. The molecule has 7 unspecified atom stereocenters. The number of rotatable bonds is 2. The third-order valence-electron chi connectivity index (χ3n) is 7.14. The Hall–Kier alpha value is -0.480. The number of hydrogen-bond acceptors (Lipinski definition) is 2. The molecule has 1 N–H and O–H groups in total. The summed E-state index contributed by atoms with van der Waals surface area (Å²) in [7, 11) is 0. The van der Waals surface area contributed by atoms with Crippen LogP contribution in [0, 0.1) is 29.6 Å². The van der Waals surface area contributed by atoms with Gasteiger partial charge < -0.3 is 5.32 Å². The molecule has 7 atom stereocenters. The summed E-state index contributed by atoms with van der Waals surface area (Å²) < 4.78 is 1.16. The van der Waals surface area contributed by atoms with Gasteiger partial charge in [0, 0.05) is 27.1 Å². The molecule has 1 aromatic rings. The van der Waals surface area contributed by atoms with E-state index in [0.29, 0.717) is 17.9 Å². The lowest BCUT2D eigenvalue weighted by molar-refractivity contribution is -0.120. The molecule has 4 fully saturated rings. The van der Waals surface area contributed by atoms with E-state index < -0.39 is 0 Å². The molecule has 1 heterocycles. The number of carbonyl (C=O) groups is 1. The van der Waals surface area contributed by atoms with Gasteiger partial charge in [-0.1, -0.05) is 22.4 Å². The first-order chi connectivity index (χ1) is 11.7. The molecule has 1 saturated heterocycles. The van der Waals surface area contributed by atoms with Crippen molar-refractivity contribution in [1.29, 1.82) is 0 Å². The van der Waals surface area contributed by atoms with Crippen LogP contribution in [0.1, 0.15) is 38.5 Å². The van der Waals surface area contributed by atoms with Crippen LogP contribution < -0.4 is 5.32 Å². The lowest BCUT2D eigenvalue weighted by atomic mass is 9.63. The number of fused-ring (bicyclic) bond motifs is 3. The van der Waals surface area contributed by atoms with Crippen LogP contribution >= 0.6 is 27.7 Å². The highest BCUT2D eigenvalue weighted by molar-refractivity contribution is 9.10. The van der Waals surface area contributed by atoms with Crippen LogP contribution in [-0.2, 0) is 4.79 Å². The van der Waals surface area contributed by atoms with Crippen LogP contribution in [0.25, 0.3) is 0 Å². The fourth-order valence-electron chi connectivity index (χ4n) is 6.41. The van der Waals surface area contributed by atoms with Gasteiger partial charge in [-0.3, -0.25) is 4.79 Å². The summed E-state index contributed by atoms with van der Waals surface area (Å²) >= 11 is 5.65. The van der Waals surface area contributed by atoms with Crippen molar-refractivity contribution in [3.05, 3.63) is 28.7 Å². The molecule has 2 nitrogen and oxygen atoms in total. The number of nitrogens with one attached hydrogen (secondary N) is 1. The van der Waals surface area contributed by atoms with Gasteiger partial charge in [-0.25, -0.2) is 0 Å². The van der Waals surface area contributed by atoms with Gasteiger partial charge in [0.2, 0.25) is 5.91 Å². The van der Waals surface area contributed by atoms with Crippen molar-refractivity contribution in [2.24, 2.45) is 29.6 Å². The number of halogens is 1. The molecule has 1 amide bonds. The Kier molecular flexibility index (Phi) is 3.97. The fraction of sp³-hybridized carbons (Fsp3) is 0.650. The first kappa shape index (κ1) is 15.7. The van der Waals surface area contributed by atoms with Crippen molar-refractivity contribution in [1.82, 2.24) is 5.32 Å². The van der Waals surface area contributed by atoms with Crippen LogP contribution in [0.3, 0.4) is 0 Å². The van der Waals surface area contributed by atoms with Gasteiger partial charge in [-0.15, -0.1) is 11.8 Å². The van der Waals surface area contributed by atoms with Crippen molar-refractivity contribution in [2.45, 2.75) is 54.7 Å². The van der Waals surface area contributed by atoms with E-state index in [1.807, 2.05) is 0 Å². The average molecular weight is 406 g/mol. The van der Waals surface area contributed by atoms with Gasteiger partial charge in [0.25, 0.3) is 0 Å². The fourth-order valence-corrected chi connectivity index (χ4v) is 8.06. The zero-order valence-corrected chi connectivity index (χ0v) is 16.2. The molecule has 4 heteroatoms. The highest BCUT2D eigenvalue weighted by Gasteiger charge is 2.59. The van der Waals surface area contributed by atoms with Crippen molar-refractivity contribution in [3.8, 4) is 0 Å². The van der Waals surface area contributed by atoms with Crippen molar-refractivity contribution in [3.63, 3.8) is 0 Å². The molecule has 3 aliphatic carbocycles. The molecule has 1 aliphatic heterocycles. The molecule has 3 saturated carbocycles. The van der Waals surface area contributed by atoms with E-state index in [9.17, 15) is 4.79 Å². The average Bonchev–Trinajstić information content (AvgIpc) is 3.10. The van der Waals surface area contributed by atoms with E-state index in [2.05, 4.69) is 57.3 Å². The van der Waals surface area contributed by atoms with Gasteiger partial charge in [-0.05, 0) is 79.5 Å². The summed E-state index contributed by atoms with van der Waals surface area (Å²) in [6, 6.07) is 9.34. The highest BCUT2D eigenvalue weighted by atomic mass is 79.9. The summed E-state index contributed by atoms with van der Waals surface area (Å²) in [6.07, 6.45) is 7.57. The molecule has 128 valence electrons. The van der Waals surface area contributed by atoms with Crippen LogP contribution in [0.5, 0.6) is 0 Å². The highest BCUT2D eigenvalue weighted by Crippen LogP contribution is 2.60. The molecule has 5 rings (SSSR count). The normalized spacial score (nSPS) is 43.2. The number of carbonyl (C=O) groups excluding carboxylic acids is 1. The van der Waals surface area contributed by atoms with Gasteiger partial charge in [-0.2, -0.15) is 0 Å². The maximum atomic E-state index is 11.9. The minimum Gasteiger partial charge on any atom is -0.353 e. The second kappa shape index (κ2) is 6.05. The smallest absolute Gasteiger partial charge is 0.220 e. The summed E-state index contributed by atoms with van der Waals surface area (Å²) in [6.45, 7) is 0. The summed E-state index contributed by atoms with van der Waals surface area (Å²) in [5.41, 5.74) is 0. The van der Waals surface area contributed by atoms with E-state index in [1.165, 1.54) is 37.0 Å². The first-order valence-electron chi connectivity index (χ1n) is 9.42. The van der Waals surface area contributed by atoms with Crippen LogP contribution in [0.2, 0.25) is 0 Å². The van der Waals surface area contributed by atoms with Crippen molar-refractivity contribution in [2.75, 3.05) is 0 Å². The second-order valence-corrected chi connectivity index (χ2v) is 10.4. The molecular formula is C20H24BrNOS. The lowest BCUT2D eigenvalue weighted by Gasteiger charge is -2.46. The minimum absolute atomic E-state index is 0.317. The molecular weight excluding hydrogens is 382 g/mol. The maximum absolute atomic E-state index is 11.9. The predicted octanol–water partition coefficient (Wildman–Crippen LogP) is 4.87. The van der Waals surface area contributed by atoms with E-state index in [4.69, 9.17) is 0 Å². The summed E-state index contributed by atoms with van der Waals surface area (Å²) in [5, 5.41) is 4.12. The summed E-state index contributed by atoms with van der Waals surface area (Å²) in [5.74, 6) is 4.27.